The van der Waals surface area contributed by atoms with Gasteiger partial charge in [0, 0.05) is 36.1 Å². The second-order valence-electron chi connectivity index (χ2n) is 7.86. The van der Waals surface area contributed by atoms with Crippen molar-refractivity contribution in [2.24, 2.45) is 4.99 Å². The van der Waals surface area contributed by atoms with Gasteiger partial charge in [-0.15, -0.1) is 0 Å². The molecule has 30 heavy (non-hydrogen) atoms. The molecule has 1 aliphatic heterocycles. The Balaban J connectivity index is 1.22. The molecule has 3 N–H and O–H groups in total. The second kappa shape index (κ2) is 8.96. The molecular formula is C23H27ClN4O2. The predicted molar refractivity (Wildman–Crippen MR) is 121 cm³/mol. The highest BCUT2D eigenvalue weighted by Crippen LogP contribution is 2.48. The molecular weight excluding hydrogens is 400 g/mol. The maximum absolute atomic E-state index is 11.5. The van der Waals surface area contributed by atoms with Crippen LogP contribution in [0.4, 0.5) is 5.69 Å². The van der Waals surface area contributed by atoms with E-state index >= 15 is 0 Å². The highest BCUT2D eigenvalue weighted by atomic mass is 35.5. The minimum Gasteiger partial charge on any atom is -0.492 e. The van der Waals surface area contributed by atoms with Crippen LogP contribution < -0.4 is 20.7 Å². The van der Waals surface area contributed by atoms with Crippen LogP contribution in [-0.4, -0.2) is 38.6 Å². The number of nitrogens with zero attached hydrogens (tertiary/aromatic N) is 1. The number of aryl methyl sites for hydroxylation is 1. The molecule has 1 fully saturated rings. The molecule has 6 nitrogen and oxygen atoms in total. The zero-order valence-corrected chi connectivity index (χ0v) is 17.9. The number of ether oxygens (including phenoxy) is 1. The minimum absolute atomic E-state index is 0.0718. The zero-order chi connectivity index (χ0) is 21.0. The monoisotopic (exact) mass is 426 g/mol. The number of benzene rings is 2. The minimum atomic E-state index is 0.0718. The summed E-state index contributed by atoms with van der Waals surface area (Å²) in [6.45, 7) is 1.98. The van der Waals surface area contributed by atoms with E-state index in [1.54, 1.807) is 7.05 Å². The van der Waals surface area contributed by atoms with Crippen LogP contribution in [0.3, 0.4) is 0 Å². The van der Waals surface area contributed by atoms with Crippen molar-refractivity contribution in [3.8, 4) is 5.75 Å². The summed E-state index contributed by atoms with van der Waals surface area (Å²) in [6, 6.07) is 13.9. The number of hydrogen-bond donors (Lipinski definition) is 3. The molecule has 0 bridgehead atoms. The Hall–Kier alpha value is -2.73. The van der Waals surface area contributed by atoms with Crippen LogP contribution in [0.5, 0.6) is 5.75 Å². The fourth-order valence-corrected chi connectivity index (χ4v) is 3.99. The van der Waals surface area contributed by atoms with Crippen molar-refractivity contribution in [3.05, 3.63) is 58.6 Å². The lowest BCUT2D eigenvalue weighted by Crippen LogP contribution is -2.42. The molecule has 0 radical (unpaired) electrons. The first-order valence-corrected chi connectivity index (χ1v) is 10.7. The number of anilines is 1. The van der Waals surface area contributed by atoms with Crippen molar-refractivity contribution < 1.29 is 9.53 Å². The molecule has 2 aliphatic rings. The molecule has 1 heterocycles. The van der Waals surface area contributed by atoms with Gasteiger partial charge in [-0.25, -0.2) is 0 Å². The van der Waals surface area contributed by atoms with E-state index in [1.165, 1.54) is 5.56 Å². The molecule has 0 atom stereocenters. The quantitative estimate of drug-likeness (QED) is 0.360. The van der Waals surface area contributed by atoms with Crippen LogP contribution in [0.2, 0.25) is 5.02 Å². The molecule has 7 heteroatoms. The van der Waals surface area contributed by atoms with Crippen molar-refractivity contribution in [1.82, 2.24) is 10.6 Å². The Labute approximate surface area is 182 Å². The number of nitrogens with one attached hydrogen (secondary N) is 3. The van der Waals surface area contributed by atoms with Gasteiger partial charge in [-0.3, -0.25) is 9.79 Å². The summed E-state index contributed by atoms with van der Waals surface area (Å²) in [5.41, 5.74) is 3.44. The Bertz CT molecular complexity index is 956. The second-order valence-corrected chi connectivity index (χ2v) is 8.30. The van der Waals surface area contributed by atoms with Crippen LogP contribution >= 0.6 is 11.6 Å². The van der Waals surface area contributed by atoms with Gasteiger partial charge >= 0.3 is 0 Å². The van der Waals surface area contributed by atoms with Gasteiger partial charge in [0.25, 0.3) is 0 Å². The average molecular weight is 427 g/mol. The lowest BCUT2D eigenvalue weighted by atomic mass is 9.96. The summed E-state index contributed by atoms with van der Waals surface area (Å²) in [5.74, 6) is 1.65. The fourth-order valence-electron chi connectivity index (χ4n) is 3.80. The van der Waals surface area contributed by atoms with Crippen molar-refractivity contribution in [3.63, 3.8) is 0 Å². The highest BCUT2D eigenvalue weighted by molar-refractivity contribution is 6.30. The highest BCUT2D eigenvalue weighted by Gasteiger charge is 2.44. The van der Waals surface area contributed by atoms with Crippen LogP contribution in [0.25, 0.3) is 0 Å². The van der Waals surface area contributed by atoms with E-state index in [0.29, 0.717) is 19.6 Å². The smallest absolute Gasteiger partial charge is 0.224 e. The van der Waals surface area contributed by atoms with E-state index in [1.807, 2.05) is 30.3 Å². The molecule has 0 spiro atoms. The third-order valence-electron chi connectivity index (χ3n) is 5.74. The molecule has 2 aromatic rings. The molecule has 0 unspecified atom stereocenters. The molecule has 0 saturated heterocycles. The maximum Gasteiger partial charge on any atom is 0.224 e. The third kappa shape index (κ3) is 4.87. The summed E-state index contributed by atoms with van der Waals surface area (Å²) in [5, 5.41) is 10.4. The first-order valence-electron chi connectivity index (χ1n) is 10.3. The third-order valence-corrected chi connectivity index (χ3v) is 5.98. The van der Waals surface area contributed by atoms with Gasteiger partial charge in [0.2, 0.25) is 5.91 Å². The van der Waals surface area contributed by atoms with E-state index in [0.717, 1.165) is 53.8 Å². The predicted octanol–water partition coefficient (Wildman–Crippen LogP) is 3.50. The lowest BCUT2D eigenvalue weighted by molar-refractivity contribution is -0.116. The number of halogens is 1. The first-order chi connectivity index (χ1) is 14.6. The van der Waals surface area contributed by atoms with Gasteiger partial charge in [-0.05, 0) is 60.7 Å². The number of rotatable bonds is 7. The van der Waals surface area contributed by atoms with Crippen LogP contribution in [0, 0.1) is 0 Å². The van der Waals surface area contributed by atoms with Crippen LogP contribution in [0.15, 0.2) is 47.5 Å². The van der Waals surface area contributed by atoms with Gasteiger partial charge in [-0.1, -0.05) is 23.7 Å². The number of carbonyl (C=O) groups excluding carboxylic acids is 1. The summed E-state index contributed by atoms with van der Waals surface area (Å²) in [4.78, 5) is 15.8. The van der Waals surface area contributed by atoms with Gasteiger partial charge < -0.3 is 20.7 Å². The van der Waals surface area contributed by atoms with E-state index in [4.69, 9.17) is 16.3 Å². The topological polar surface area (TPSA) is 74.8 Å². The molecule has 4 rings (SSSR count). The number of aliphatic imine (C=N–C) groups is 1. The van der Waals surface area contributed by atoms with E-state index < -0.39 is 0 Å². The van der Waals surface area contributed by atoms with Gasteiger partial charge in [0.1, 0.15) is 12.4 Å². The lowest BCUT2D eigenvalue weighted by Gasteiger charge is -2.20. The maximum atomic E-state index is 11.5. The van der Waals surface area contributed by atoms with Crippen LogP contribution in [-0.2, 0) is 16.6 Å². The fraction of sp³-hybridized carbons (Fsp3) is 0.391. The number of amides is 1. The average Bonchev–Trinajstić information content (AvgIpc) is 3.54. The Morgan fingerprint density at radius 2 is 2.07 bits per heavy atom. The van der Waals surface area contributed by atoms with E-state index in [-0.39, 0.29) is 11.3 Å². The first kappa shape index (κ1) is 20.5. The van der Waals surface area contributed by atoms with E-state index in [9.17, 15) is 4.79 Å². The number of guanidine groups is 1. The van der Waals surface area contributed by atoms with Crippen molar-refractivity contribution in [2.45, 2.75) is 31.1 Å². The number of carbonyl (C=O) groups is 1. The van der Waals surface area contributed by atoms with Gasteiger partial charge in [0.05, 0.1) is 6.54 Å². The van der Waals surface area contributed by atoms with Crippen molar-refractivity contribution in [2.75, 3.05) is 32.1 Å². The Morgan fingerprint density at radius 1 is 1.20 bits per heavy atom. The molecule has 1 aliphatic carbocycles. The molecule has 1 amide bonds. The summed E-state index contributed by atoms with van der Waals surface area (Å²) in [7, 11) is 1.77. The SMILES string of the molecule is CN=C(NCCOc1ccc2c(c1)CCC(=O)N2)NCC1(c2cccc(Cl)c2)CC1. The van der Waals surface area contributed by atoms with Crippen LogP contribution in [0.1, 0.15) is 30.4 Å². The molecule has 2 aromatic carbocycles. The summed E-state index contributed by atoms with van der Waals surface area (Å²) in [6.07, 6.45) is 3.58. The largest absolute Gasteiger partial charge is 0.492 e. The summed E-state index contributed by atoms with van der Waals surface area (Å²) >= 11 is 6.16. The normalized spacial score (nSPS) is 17.0. The number of fused-ring (bicyclic) bond motifs is 1. The molecule has 0 aromatic heterocycles. The Morgan fingerprint density at radius 3 is 2.83 bits per heavy atom. The Kier molecular flexibility index (Phi) is 6.13. The van der Waals surface area contributed by atoms with Crippen molar-refractivity contribution in [1.29, 1.82) is 0 Å². The standard InChI is InChI=1S/C23H27ClN4O2/c1-25-22(27-15-23(9-10-23)17-3-2-4-18(24)14-17)26-11-12-30-19-6-7-20-16(13-19)5-8-21(29)28-20/h2-4,6-7,13-14H,5,8-12,15H2,1H3,(H,28,29)(H2,25,26,27). The van der Waals surface area contributed by atoms with E-state index in [2.05, 4.69) is 33.1 Å². The number of hydrogen-bond acceptors (Lipinski definition) is 3. The van der Waals surface area contributed by atoms with Crippen molar-refractivity contribution >= 4 is 29.2 Å². The summed E-state index contributed by atoms with van der Waals surface area (Å²) < 4.78 is 5.86. The zero-order valence-electron chi connectivity index (χ0n) is 17.1. The van der Waals surface area contributed by atoms with Gasteiger partial charge in [0.15, 0.2) is 5.96 Å². The van der Waals surface area contributed by atoms with Gasteiger partial charge in [-0.2, -0.15) is 0 Å². The molecule has 158 valence electrons. The molecule has 1 saturated carbocycles.